The lowest BCUT2D eigenvalue weighted by Gasteiger charge is -2.23. The second-order valence-electron chi connectivity index (χ2n) is 5.48. The van der Waals surface area contributed by atoms with Crippen LogP contribution in [0.4, 0.5) is 4.39 Å². The zero-order chi connectivity index (χ0) is 10.9. The van der Waals surface area contributed by atoms with E-state index in [1.807, 2.05) is 0 Å². The Hall–Kier alpha value is -0.150. The number of halogens is 1. The Labute approximate surface area is 91.8 Å². The quantitative estimate of drug-likeness (QED) is 0.697. The van der Waals surface area contributed by atoms with Crippen molar-refractivity contribution in [1.29, 1.82) is 0 Å². The van der Waals surface area contributed by atoms with Crippen LogP contribution in [-0.2, 0) is 4.74 Å². The molecule has 1 atom stereocenters. The van der Waals surface area contributed by atoms with Crippen LogP contribution < -0.4 is 0 Å². The molecular formula is C12H22FNO. The van der Waals surface area contributed by atoms with E-state index in [0.29, 0.717) is 18.1 Å². The van der Waals surface area contributed by atoms with Gasteiger partial charge in [0.15, 0.2) is 0 Å². The molecule has 2 nitrogen and oxygen atoms in total. The first kappa shape index (κ1) is 11.3. The van der Waals surface area contributed by atoms with Crippen LogP contribution in [0.5, 0.6) is 0 Å². The number of ether oxygens (including phenoxy) is 1. The Morgan fingerprint density at radius 2 is 2.20 bits per heavy atom. The molecule has 2 rings (SSSR count). The molecule has 1 aliphatic heterocycles. The molecule has 1 aliphatic carbocycles. The van der Waals surface area contributed by atoms with Gasteiger partial charge in [-0.15, -0.1) is 0 Å². The highest BCUT2D eigenvalue weighted by atomic mass is 19.1. The van der Waals surface area contributed by atoms with Crippen LogP contribution in [0.1, 0.15) is 33.1 Å². The van der Waals surface area contributed by atoms with Crippen molar-refractivity contribution in [2.45, 2.75) is 45.4 Å². The zero-order valence-corrected chi connectivity index (χ0v) is 9.84. The molecule has 0 aromatic heterocycles. The molecule has 15 heavy (non-hydrogen) atoms. The largest absolute Gasteiger partial charge is 0.378 e. The van der Waals surface area contributed by atoms with Gasteiger partial charge in [-0.05, 0) is 33.1 Å². The second-order valence-corrected chi connectivity index (χ2v) is 5.48. The fourth-order valence-corrected chi connectivity index (χ4v) is 2.27. The van der Waals surface area contributed by atoms with Gasteiger partial charge in [-0.3, -0.25) is 4.90 Å². The van der Waals surface area contributed by atoms with E-state index >= 15 is 0 Å². The fraction of sp³-hybridized carbons (Fsp3) is 1.00. The van der Waals surface area contributed by atoms with E-state index in [0.717, 1.165) is 26.1 Å². The van der Waals surface area contributed by atoms with Crippen LogP contribution >= 0.6 is 0 Å². The first-order valence-electron chi connectivity index (χ1n) is 6.08. The lowest BCUT2D eigenvalue weighted by Crippen LogP contribution is -2.32. The molecule has 0 aromatic rings. The van der Waals surface area contributed by atoms with Crippen LogP contribution in [0.25, 0.3) is 0 Å². The maximum absolute atomic E-state index is 13.0. The maximum Gasteiger partial charge on any atom is 0.114 e. The molecule has 3 heteroatoms. The summed E-state index contributed by atoms with van der Waals surface area (Å²) in [6, 6.07) is 0. The average Bonchev–Trinajstić information content (AvgIpc) is 2.81. The number of alkyl halides is 1. The lowest BCUT2D eigenvalue weighted by atomic mass is 10.1. The zero-order valence-electron chi connectivity index (χ0n) is 9.84. The summed E-state index contributed by atoms with van der Waals surface area (Å²) < 4.78 is 18.7. The second kappa shape index (κ2) is 4.38. The van der Waals surface area contributed by atoms with Gasteiger partial charge in [0.05, 0.1) is 12.7 Å². The molecule has 1 saturated heterocycles. The molecule has 2 aliphatic rings. The summed E-state index contributed by atoms with van der Waals surface area (Å²) in [6.07, 6.45) is 2.96. The summed E-state index contributed by atoms with van der Waals surface area (Å²) in [7, 11) is 0. The Morgan fingerprint density at radius 3 is 2.67 bits per heavy atom. The van der Waals surface area contributed by atoms with Crippen molar-refractivity contribution in [3.63, 3.8) is 0 Å². The lowest BCUT2D eigenvalue weighted by molar-refractivity contribution is 0.0329. The predicted molar refractivity (Wildman–Crippen MR) is 58.7 cm³/mol. The molecule has 0 amide bonds. The molecule has 88 valence electrons. The average molecular weight is 215 g/mol. The molecule has 0 bridgehead atoms. The van der Waals surface area contributed by atoms with E-state index in [9.17, 15) is 4.39 Å². The summed E-state index contributed by atoms with van der Waals surface area (Å²) in [5, 5.41) is 0. The minimum absolute atomic E-state index is 0.315. The van der Waals surface area contributed by atoms with Gasteiger partial charge in [0.2, 0.25) is 0 Å². The maximum atomic E-state index is 13.0. The Bertz CT molecular complexity index is 216. The number of rotatable bonds is 5. The third-order valence-electron chi connectivity index (χ3n) is 3.45. The predicted octanol–water partition coefficient (Wildman–Crippen LogP) is 2.24. The first-order valence-corrected chi connectivity index (χ1v) is 6.08. The number of nitrogens with zero attached hydrogens (tertiary/aromatic N) is 1. The first-order chi connectivity index (χ1) is 7.10. The highest BCUT2D eigenvalue weighted by molar-refractivity contribution is 4.97. The minimum Gasteiger partial charge on any atom is -0.378 e. The highest BCUT2D eigenvalue weighted by Crippen LogP contribution is 2.47. The van der Waals surface area contributed by atoms with Gasteiger partial charge in [0.25, 0.3) is 0 Å². The highest BCUT2D eigenvalue weighted by Gasteiger charge is 2.45. The number of hydrogen-bond acceptors (Lipinski definition) is 2. The van der Waals surface area contributed by atoms with Gasteiger partial charge in [0, 0.05) is 25.0 Å². The van der Waals surface area contributed by atoms with Crippen molar-refractivity contribution in [3.8, 4) is 0 Å². The van der Waals surface area contributed by atoms with Gasteiger partial charge >= 0.3 is 0 Å². The van der Waals surface area contributed by atoms with E-state index < -0.39 is 6.17 Å². The standard InChI is InChI=1S/C12H22FNO/c1-10(2)15-9-12(4-5-12)8-14-6-3-11(13)7-14/h10-11H,3-9H2,1-2H3/t11-/m0/s1. The van der Waals surface area contributed by atoms with E-state index in [2.05, 4.69) is 18.7 Å². The normalized spacial score (nSPS) is 30.0. The molecule has 0 radical (unpaired) electrons. The molecular weight excluding hydrogens is 193 g/mol. The summed E-state index contributed by atoms with van der Waals surface area (Å²) in [6.45, 7) is 7.62. The number of hydrogen-bond donors (Lipinski definition) is 0. The van der Waals surface area contributed by atoms with Crippen molar-refractivity contribution in [1.82, 2.24) is 4.90 Å². The summed E-state index contributed by atoms with van der Waals surface area (Å²) >= 11 is 0. The Morgan fingerprint density at radius 1 is 1.47 bits per heavy atom. The molecule has 1 saturated carbocycles. The third-order valence-corrected chi connectivity index (χ3v) is 3.45. The minimum atomic E-state index is -0.591. The smallest absolute Gasteiger partial charge is 0.114 e. The van der Waals surface area contributed by atoms with Gasteiger partial charge in [-0.1, -0.05) is 0 Å². The monoisotopic (exact) mass is 215 g/mol. The van der Waals surface area contributed by atoms with E-state index in [1.165, 1.54) is 12.8 Å². The topological polar surface area (TPSA) is 12.5 Å². The number of likely N-dealkylation sites (tertiary alicyclic amines) is 1. The van der Waals surface area contributed by atoms with Crippen molar-refractivity contribution < 1.29 is 9.13 Å². The molecule has 0 unspecified atom stereocenters. The SMILES string of the molecule is CC(C)OCC1(CN2CC[C@H](F)C2)CC1. The van der Waals surface area contributed by atoms with Crippen LogP contribution in [0.15, 0.2) is 0 Å². The van der Waals surface area contributed by atoms with Crippen molar-refractivity contribution in [2.75, 3.05) is 26.2 Å². The molecule has 1 heterocycles. The molecule has 2 fully saturated rings. The summed E-state index contributed by atoms with van der Waals surface area (Å²) in [5.41, 5.74) is 0.369. The van der Waals surface area contributed by atoms with Crippen molar-refractivity contribution in [3.05, 3.63) is 0 Å². The molecule has 0 spiro atoms. The Balaban J connectivity index is 1.73. The van der Waals surface area contributed by atoms with E-state index in [4.69, 9.17) is 4.74 Å². The molecule has 0 aromatic carbocycles. The molecule has 0 N–H and O–H groups in total. The third kappa shape index (κ3) is 3.15. The Kier molecular flexibility index (Phi) is 3.31. The summed E-state index contributed by atoms with van der Waals surface area (Å²) in [5.74, 6) is 0. The van der Waals surface area contributed by atoms with Gasteiger partial charge < -0.3 is 4.74 Å². The summed E-state index contributed by atoms with van der Waals surface area (Å²) in [4.78, 5) is 2.27. The van der Waals surface area contributed by atoms with Crippen LogP contribution in [-0.4, -0.2) is 43.4 Å². The van der Waals surface area contributed by atoms with Crippen LogP contribution in [0.2, 0.25) is 0 Å². The van der Waals surface area contributed by atoms with Crippen molar-refractivity contribution >= 4 is 0 Å². The van der Waals surface area contributed by atoms with E-state index in [-0.39, 0.29) is 0 Å². The van der Waals surface area contributed by atoms with E-state index in [1.54, 1.807) is 0 Å². The van der Waals surface area contributed by atoms with Gasteiger partial charge in [-0.2, -0.15) is 0 Å². The van der Waals surface area contributed by atoms with Crippen molar-refractivity contribution in [2.24, 2.45) is 5.41 Å². The van der Waals surface area contributed by atoms with Crippen LogP contribution in [0.3, 0.4) is 0 Å². The van der Waals surface area contributed by atoms with Gasteiger partial charge in [0.1, 0.15) is 6.17 Å². The van der Waals surface area contributed by atoms with Crippen LogP contribution in [0, 0.1) is 5.41 Å². The van der Waals surface area contributed by atoms with Gasteiger partial charge in [-0.25, -0.2) is 4.39 Å². The fourth-order valence-electron chi connectivity index (χ4n) is 2.27.